The second-order valence-electron chi connectivity index (χ2n) is 4.33. The van der Waals surface area contributed by atoms with Gasteiger partial charge in [0.25, 0.3) is 0 Å². The molecular weight excluding hydrogens is 280 g/mol. The number of nitrogens with one attached hydrogen (secondary N) is 1. The zero-order valence-electron chi connectivity index (χ0n) is 13.0. The van der Waals surface area contributed by atoms with E-state index < -0.39 is 0 Å². The molecular formula is C18H23ClN2. The van der Waals surface area contributed by atoms with Crippen LogP contribution in [0.1, 0.15) is 32.8 Å². The van der Waals surface area contributed by atoms with E-state index in [1.54, 1.807) is 12.4 Å². The summed E-state index contributed by atoms with van der Waals surface area (Å²) in [5.74, 6) is 0. The monoisotopic (exact) mass is 302 g/mol. The lowest BCUT2D eigenvalue weighted by atomic mass is 10.0. The Kier molecular flexibility index (Phi) is 7.55. The van der Waals surface area contributed by atoms with Crippen LogP contribution >= 0.6 is 11.6 Å². The Labute approximate surface area is 132 Å². The highest BCUT2D eigenvalue weighted by Crippen LogP contribution is 2.33. The SMILES string of the molecule is C=CNc1cc(Cl)c(-c2cccnc2)cc1CCC.CC. The van der Waals surface area contributed by atoms with Crippen LogP contribution in [0, 0.1) is 0 Å². The van der Waals surface area contributed by atoms with Crippen molar-refractivity contribution in [2.75, 3.05) is 5.32 Å². The Hall–Kier alpha value is -1.80. The van der Waals surface area contributed by atoms with E-state index in [0.717, 1.165) is 34.7 Å². The Morgan fingerprint density at radius 3 is 2.67 bits per heavy atom. The number of halogens is 1. The molecule has 1 aromatic carbocycles. The van der Waals surface area contributed by atoms with Gasteiger partial charge in [-0.1, -0.05) is 51.4 Å². The van der Waals surface area contributed by atoms with E-state index in [2.05, 4.69) is 29.9 Å². The molecule has 0 aliphatic rings. The van der Waals surface area contributed by atoms with Crippen LogP contribution in [0.25, 0.3) is 11.1 Å². The Morgan fingerprint density at radius 1 is 1.33 bits per heavy atom. The summed E-state index contributed by atoms with van der Waals surface area (Å²) in [6.07, 6.45) is 7.35. The van der Waals surface area contributed by atoms with Crippen LogP contribution in [-0.2, 0) is 6.42 Å². The molecule has 0 aliphatic carbocycles. The molecule has 0 aliphatic heterocycles. The van der Waals surface area contributed by atoms with E-state index in [9.17, 15) is 0 Å². The predicted octanol–water partition coefficient (Wildman–Crippen LogP) is 5.94. The van der Waals surface area contributed by atoms with Gasteiger partial charge in [-0.15, -0.1) is 0 Å². The number of benzene rings is 1. The van der Waals surface area contributed by atoms with Crippen LogP contribution < -0.4 is 5.32 Å². The normalized spacial score (nSPS) is 9.52. The van der Waals surface area contributed by atoms with E-state index in [0.29, 0.717) is 0 Å². The highest BCUT2D eigenvalue weighted by atomic mass is 35.5. The zero-order chi connectivity index (χ0) is 15.7. The molecule has 2 aromatic rings. The quantitative estimate of drug-likeness (QED) is 0.739. The molecule has 0 unspecified atom stereocenters. The Morgan fingerprint density at radius 2 is 2.10 bits per heavy atom. The van der Waals surface area contributed by atoms with Crippen molar-refractivity contribution >= 4 is 17.3 Å². The molecule has 2 nitrogen and oxygen atoms in total. The second kappa shape index (κ2) is 9.19. The number of hydrogen-bond donors (Lipinski definition) is 1. The van der Waals surface area contributed by atoms with E-state index in [-0.39, 0.29) is 0 Å². The summed E-state index contributed by atoms with van der Waals surface area (Å²) in [4.78, 5) is 4.15. The first kappa shape index (κ1) is 17.3. The summed E-state index contributed by atoms with van der Waals surface area (Å²) in [5, 5.41) is 3.86. The molecule has 3 heteroatoms. The molecule has 1 aromatic heterocycles. The topological polar surface area (TPSA) is 24.9 Å². The van der Waals surface area contributed by atoms with E-state index >= 15 is 0 Å². The maximum Gasteiger partial charge on any atom is 0.0505 e. The minimum absolute atomic E-state index is 0.720. The van der Waals surface area contributed by atoms with Crippen LogP contribution in [0.15, 0.2) is 49.4 Å². The van der Waals surface area contributed by atoms with Crippen molar-refractivity contribution in [1.29, 1.82) is 0 Å². The van der Waals surface area contributed by atoms with Gasteiger partial charge in [0, 0.05) is 29.2 Å². The summed E-state index contributed by atoms with van der Waals surface area (Å²) in [6.45, 7) is 9.87. The standard InChI is InChI=1S/C16H17ClN2.C2H6/c1-3-6-12-9-14(13-7-5-8-18-11-13)15(17)10-16(12)19-4-2;1-2/h4-5,7-11,19H,2-3,6H2,1H3;1-2H3. The smallest absolute Gasteiger partial charge is 0.0505 e. The molecule has 0 bridgehead atoms. The van der Waals surface area contributed by atoms with Gasteiger partial charge >= 0.3 is 0 Å². The summed E-state index contributed by atoms with van der Waals surface area (Å²) >= 11 is 6.37. The third-order valence-electron chi connectivity index (χ3n) is 2.94. The van der Waals surface area contributed by atoms with Gasteiger partial charge in [0.1, 0.15) is 0 Å². The number of aryl methyl sites for hydroxylation is 1. The molecule has 0 amide bonds. The minimum Gasteiger partial charge on any atom is -0.362 e. The van der Waals surface area contributed by atoms with Gasteiger partial charge in [0.2, 0.25) is 0 Å². The number of nitrogens with zero attached hydrogens (tertiary/aromatic N) is 1. The number of anilines is 1. The molecule has 0 spiro atoms. The fraction of sp³-hybridized carbons (Fsp3) is 0.278. The predicted molar refractivity (Wildman–Crippen MR) is 93.8 cm³/mol. The highest BCUT2D eigenvalue weighted by Gasteiger charge is 2.09. The molecule has 1 N–H and O–H groups in total. The third-order valence-corrected chi connectivity index (χ3v) is 3.26. The average Bonchev–Trinajstić information content (AvgIpc) is 2.53. The first-order chi connectivity index (χ1) is 10.3. The lowest BCUT2D eigenvalue weighted by molar-refractivity contribution is 0.924. The van der Waals surface area contributed by atoms with Gasteiger partial charge in [-0.2, -0.15) is 0 Å². The molecule has 112 valence electrons. The molecule has 0 saturated carbocycles. The maximum absolute atomic E-state index is 6.37. The van der Waals surface area contributed by atoms with E-state index in [1.807, 2.05) is 38.2 Å². The van der Waals surface area contributed by atoms with E-state index in [4.69, 9.17) is 11.6 Å². The number of hydrogen-bond acceptors (Lipinski definition) is 2. The van der Waals surface area contributed by atoms with Gasteiger partial charge < -0.3 is 5.32 Å². The van der Waals surface area contributed by atoms with Crippen molar-refractivity contribution in [2.45, 2.75) is 33.6 Å². The van der Waals surface area contributed by atoms with Crippen molar-refractivity contribution in [2.24, 2.45) is 0 Å². The minimum atomic E-state index is 0.720. The van der Waals surface area contributed by atoms with Crippen molar-refractivity contribution in [1.82, 2.24) is 4.98 Å². The molecule has 1 heterocycles. The van der Waals surface area contributed by atoms with Crippen LogP contribution in [0.3, 0.4) is 0 Å². The molecule has 21 heavy (non-hydrogen) atoms. The van der Waals surface area contributed by atoms with Crippen LogP contribution in [-0.4, -0.2) is 4.98 Å². The number of rotatable bonds is 5. The van der Waals surface area contributed by atoms with Crippen molar-refractivity contribution in [3.63, 3.8) is 0 Å². The molecule has 0 radical (unpaired) electrons. The first-order valence-corrected chi connectivity index (χ1v) is 7.74. The van der Waals surface area contributed by atoms with Gasteiger partial charge in [-0.3, -0.25) is 4.98 Å². The van der Waals surface area contributed by atoms with Crippen molar-refractivity contribution in [3.05, 3.63) is 60.0 Å². The summed E-state index contributed by atoms with van der Waals surface area (Å²) < 4.78 is 0. The number of aromatic nitrogens is 1. The summed E-state index contributed by atoms with van der Waals surface area (Å²) in [7, 11) is 0. The average molecular weight is 303 g/mol. The number of pyridine rings is 1. The maximum atomic E-state index is 6.37. The third kappa shape index (κ3) is 4.61. The lowest BCUT2D eigenvalue weighted by Crippen LogP contribution is -1.96. The largest absolute Gasteiger partial charge is 0.362 e. The van der Waals surface area contributed by atoms with Crippen LogP contribution in [0.4, 0.5) is 5.69 Å². The summed E-state index contributed by atoms with van der Waals surface area (Å²) in [6, 6.07) is 8.02. The fourth-order valence-corrected chi connectivity index (χ4v) is 2.35. The molecule has 0 fully saturated rings. The van der Waals surface area contributed by atoms with Gasteiger partial charge in [-0.05, 0) is 36.4 Å². The second-order valence-corrected chi connectivity index (χ2v) is 4.74. The first-order valence-electron chi connectivity index (χ1n) is 7.36. The zero-order valence-corrected chi connectivity index (χ0v) is 13.7. The van der Waals surface area contributed by atoms with E-state index in [1.165, 1.54) is 5.56 Å². The fourth-order valence-electron chi connectivity index (χ4n) is 2.08. The Bertz CT molecular complexity index is 565. The Balaban J connectivity index is 0.00000106. The molecule has 0 atom stereocenters. The highest BCUT2D eigenvalue weighted by molar-refractivity contribution is 6.33. The summed E-state index contributed by atoms with van der Waals surface area (Å²) in [5.41, 5.74) is 4.32. The van der Waals surface area contributed by atoms with Gasteiger partial charge in [0.05, 0.1) is 5.02 Å². The van der Waals surface area contributed by atoms with Crippen molar-refractivity contribution < 1.29 is 0 Å². The lowest BCUT2D eigenvalue weighted by Gasteiger charge is -2.13. The van der Waals surface area contributed by atoms with Crippen LogP contribution in [0.2, 0.25) is 5.02 Å². The van der Waals surface area contributed by atoms with Crippen molar-refractivity contribution in [3.8, 4) is 11.1 Å². The molecule has 2 rings (SSSR count). The van der Waals surface area contributed by atoms with Gasteiger partial charge in [0.15, 0.2) is 0 Å². The van der Waals surface area contributed by atoms with Crippen LogP contribution in [0.5, 0.6) is 0 Å². The van der Waals surface area contributed by atoms with Gasteiger partial charge in [-0.25, -0.2) is 0 Å². The molecule has 0 saturated heterocycles.